The third-order valence-electron chi connectivity index (χ3n) is 7.92. The van der Waals surface area contributed by atoms with Crippen LogP contribution in [0.3, 0.4) is 0 Å². The van der Waals surface area contributed by atoms with Gasteiger partial charge in [-0.3, -0.25) is 14.8 Å². The summed E-state index contributed by atoms with van der Waals surface area (Å²) in [5.74, 6) is -1.39. The zero-order valence-electron chi connectivity index (χ0n) is 24.1. The van der Waals surface area contributed by atoms with Gasteiger partial charge in [-0.05, 0) is 86.8 Å². The molecule has 0 aliphatic carbocycles. The first-order chi connectivity index (χ1) is 20.4. The molecule has 0 saturated carbocycles. The average molecular weight is 629 g/mol. The van der Waals surface area contributed by atoms with E-state index >= 15 is 0 Å². The maximum atomic E-state index is 13.4. The maximum absolute atomic E-state index is 13.4. The second-order valence-corrected chi connectivity index (χ2v) is 13.1. The Morgan fingerprint density at radius 1 is 1.02 bits per heavy atom. The molecule has 13 heteroatoms. The number of nitrogens with zero attached hydrogens (tertiary/aromatic N) is 1. The van der Waals surface area contributed by atoms with Crippen molar-refractivity contribution in [1.82, 2.24) is 10.4 Å². The summed E-state index contributed by atoms with van der Waals surface area (Å²) < 4.78 is 65.8. The van der Waals surface area contributed by atoms with Crippen LogP contribution in [0.4, 0.5) is 13.2 Å². The molecule has 0 spiro atoms. The van der Waals surface area contributed by atoms with E-state index in [1.165, 1.54) is 29.7 Å². The van der Waals surface area contributed by atoms with Crippen LogP contribution in [-0.2, 0) is 32.3 Å². The van der Waals surface area contributed by atoms with Crippen molar-refractivity contribution in [3.8, 4) is 5.75 Å². The number of unbranched alkanes of at least 4 members (excludes halogenated alkanes) is 1. The van der Waals surface area contributed by atoms with Gasteiger partial charge in [0.2, 0.25) is 5.91 Å². The normalized spacial score (nSPS) is 17.1. The Bertz CT molecular complexity index is 1310. The third kappa shape index (κ3) is 8.70. The summed E-state index contributed by atoms with van der Waals surface area (Å²) in [6.45, 7) is 2.43. The molecule has 1 aliphatic heterocycles. The third-order valence-corrected chi connectivity index (χ3v) is 10.4. The molecule has 3 rings (SSSR count). The van der Waals surface area contributed by atoms with Gasteiger partial charge in [0.15, 0.2) is 14.6 Å². The number of rotatable bonds is 16. The molecule has 2 unspecified atom stereocenters. The summed E-state index contributed by atoms with van der Waals surface area (Å²) >= 11 is 0. The number of hydrogen-bond acceptors (Lipinski definition) is 7. The number of carbonyl (C=O) groups is 2. The lowest BCUT2D eigenvalue weighted by Gasteiger charge is -2.30. The summed E-state index contributed by atoms with van der Waals surface area (Å²) in [6, 6.07) is 11.9. The van der Waals surface area contributed by atoms with Crippen molar-refractivity contribution in [3.63, 3.8) is 0 Å². The molecule has 9 nitrogen and oxygen atoms in total. The second kappa shape index (κ2) is 15.0. The topological polar surface area (TPSA) is 133 Å². The molecule has 2 amide bonds. The van der Waals surface area contributed by atoms with Crippen LogP contribution < -0.4 is 10.2 Å². The van der Waals surface area contributed by atoms with E-state index in [9.17, 15) is 41.5 Å². The molecule has 2 aromatic rings. The number of aliphatic hydroxyl groups excluding tert-OH is 1. The van der Waals surface area contributed by atoms with Crippen LogP contribution in [0.5, 0.6) is 5.75 Å². The minimum absolute atomic E-state index is 0.0615. The van der Waals surface area contributed by atoms with Crippen molar-refractivity contribution in [2.75, 3.05) is 19.7 Å². The van der Waals surface area contributed by atoms with Crippen LogP contribution in [0.1, 0.15) is 63.0 Å². The van der Waals surface area contributed by atoms with Crippen LogP contribution in [0.2, 0.25) is 0 Å². The minimum Gasteiger partial charge on any atom is -0.406 e. The van der Waals surface area contributed by atoms with Gasteiger partial charge in [0.25, 0.3) is 5.91 Å². The van der Waals surface area contributed by atoms with Gasteiger partial charge in [0.1, 0.15) is 5.75 Å². The summed E-state index contributed by atoms with van der Waals surface area (Å²) in [6.07, 6.45) is -0.690. The van der Waals surface area contributed by atoms with Crippen LogP contribution in [0.15, 0.2) is 53.4 Å². The summed E-state index contributed by atoms with van der Waals surface area (Å²) in [4.78, 5) is 27.1. The monoisotopic (exact) mass is 628 g/mol. The molecule has 1 fully saturated rings. The van der Waals surface area contributed by atoms with E-state index in [-0.39, 0.29) is 35.3 Å². The van der Waals surface area contributed by atoms with E-state index in [0.29, 0.717) is 38.8 Å². The molecule has 238 valence electrons. The van der Waals surface area contributed by atoms with Crippen molar-refractivity contribution < 1.29 is 46.2 Å². The molecule has 1 saturated heterocycles. The van der Waals surface area contributed by atoms with Gasteiger partial charge in [-0.1, -0.05) is 37.6 Å². The fraction of sp³-hybridized carbons (Fsp3) is 0.533. The Morgan fingerprint density at radius 3 is 2.23 bits per heavy atom. The van der Waals surface area contributed by atoms with Crippen molar-refractivity contribution >= 4 is 21.7 Å². The van der Waals surface area contributed by atoms with Gasteiger partial charge < -0.3 is 14.7 Å². The number of aliphatic hydroxyl groups is 1. The molecule has 3 N–H and O–H groups in total. The Hall–Kier alpha value is -3.16. The van der Waals surface area contributed by atoms with Crippen LogP contribution in [0, 0.1) is 5.92 Å². The lowest BCUT2D eigenvalue weighted by Crippen LogP contribution is -2.52. The predicted octanol–water partition coefficient (Wildman–Crippen LogP) is 4.59. The van der Waals surface area contributed by atoms with Gasteiger partial charge in [-0.25, -0.2) is 13.9 Å². The molecular formula is C30H39F3N2O7S. The Kier molecular flexibility index (Phi) is 12.0. The highest BCUT2D eigenvalue weighted by molar-refractivity contribution is 7.93. The highest BCUT2D eigenvalue weighted by Gasteiger charge is 2.50. The number of nitrogens with one attached hydrogen (secondary N) is 1. The lowest BCUT2D eigenvalue weighted by molar-refractivity contribution is -0.274. The molecule has 43 heavy (non-hydrogen) atoms. The largest absolute Gasteiger partial charge is 0.573 e. The minimum atomic E-state index is -4.74. The number of carbonyl (C=O) groups excluding carboxylic acids is 2. The molecule has 0 bridgehead atoms. The van der Waals surface area contributed by atoms with Crippen molar-refractivity contribution in [2.24, 2.45) is 5.92 Å². The van der Waals surface area contributed by atoms with Crippen LogP contribution in [-0.4, -0.2) is 66.3 Å². The lowest BCUT2D eigenvalue weighted by atomic mass is 9.98. The molecule has 1 aliphatic rings. The standard InChI is InChI=1S/C30H39F3N2O7S/c1-2-17-29(18-21-36,28(38)34-39)43(40,41)26-14-9-22(10-15-26)5-3-4-19-35-20-16-24(27(35)37)11-6-23-7-12-25(13-8-23)42-30(31,32)33/h7-10,12-15,24,36,39H,2-6,11,16-21H2,1H3,(H,34,38). The maximum Gasteiger partial charge on any atom is 0.573 e. The van der Waals surface area contributed by atoms with Gasteiger partial charge in [-0.2, -0.15) is 0 Å². The fourth-order valence-electron chi connectivity index (χ4n) is 5.61. The quantitative estimate of drug-likeness (QED) is 0.141. The molecule has 0 aromatic heterocycles. The van der Waals surface area contributed by atoms with Crippen LogP contribution >= 0.6 is 0 Å². The van der Waals surface area contributed by atoms with Gasteiger partial charge in [0, 0.05) is 25.6 Å². The van der Waals surface area contributed by atoms with E-state index < -0.39 is 33.5 Å². The fourth-order valence-corrected chi connectivity index (χ4v) is 7.68. The molecule has 2 atom stereocenters. The van der Waals surface area contributed by atoms with Crippen molar-refractivity contribution in [1.29, 1.82) is 0 Å². The zero-order chi connectivity index (χ0) is 31.7. The number of hydroxylamine groups is 1. The average Bonchev–Trinajstić information content (AvgIpc) is 3.32. The van der Waals surface area contributed by atoms with E-state index in [4.69, 9.17) is 0 Å². The number of likely N-dealkylation sites (tertiary alicyclic amines) is 1. The molecule has 2 aromatic carbocycles. The zero-order valence-corrected chi connectivity index (χ0v) is 24.9. The molecule has 1 heterocycles. The van der Waals surface area contributed by atoms with Crippen molar-refractivity contribution in [2.45, 2.75) is 80.7 Å². The first-order valence-electron chi connectivity index (χ1n) is 14.4. The van der Waals surface area contributed by atoms with Gasteiger partial charge in [0.05, 0.1) is 4.90 Å². The molecular weight excluding hydrogens is 589 g/mol. The number of ether oxygens (including phenoxy) is 1. The first kappa shape index (κ1) is 34.3. The number of hydrogen-bond donors (Lipinski definition) is 3. The number of benzene rings is 2. The molecule has 0 radical (unpaired) electrons. The number of sulfone groups is 1. The smallest absolute Gasteiger partial charge is 0.406 e. The highest BCUT2D eigenvalue weighted by atomic mass is 32.2. The second-order valence-electron chi connectivity index (χ2n) is 10.8. The van der Waals surface area contributed by atoms with Crippen molar-refractivity contribution in [3.05, 3.63) is 59.7 Å². The van der Waals surface area contributed by atoms with Gasteiger partial charge in [-0.15, -0.1) is 13.2 Å². The number of halogens is 3. The van der Waals surface area contributed by atoms with E-state index in [0.717, 1.165) is 30.4 Å². The van der Waals surface area contributed by atoms with E-state index in [2.05, 4.69) is 4.74 Å². The summed E-state index contributed by atoms with van der Waals surface area (Å²) in [5, 5.41) is 18.7. The van der Waals surface area contributed by atoms with Crippen LogP contribution in [0.25, 0.3) is 0 Å². The highest BCUT2D eigenvalue weighted by Crippen LogP contribution is 2.34. The summed E-state index contributed by atoms with van der Waals surface area (Å²) in [5.41, 5.74) is 3.18. The number of alkyl halides is 3. The number of amides is 2. The van der Waals surface area contributed by atoms with E-state index in [1.807, 2.05) is 4.90 Å². The van der Waals surface area contributed by atoms with Gasteiger partial charge >= 0.3 is 6.36 Å². The Balaban J connectivity index is 1.47. The predicted molar refractivity (Wildman–Crippen MR) is 152 cm³/mol. The first-order valence-corrected chi connectivity index (χ1v) is 15.9. The Labute approximate surface area is 249 Å². The Morgan fingerprint density at radius 2 is 1.65 bits per heavy atom. The SMILES string of the molecule is CCCC(CCO)(C(=O)NO)S(=O)(=O)c1ccc(CCCCN2CCC(CCc3ccc(OC(F)(F)F)cc3)C2=O)cc1. The number of aryl methyl sites for hydroxylation is 2. The summed E-state index contributed by atoms with van der Waals surface area (Å²) in [7, 11) is -4.22. The van der Waals surface area contributed by atoms with E-state index in [1.54, 1.807) is 31.2 Å².